The summed E-state index contributed by atoms with van der Waals surface area (Å²) in [4.78, 5) is 24.4. The molecule has 0 spiro atoms. The van der Waals surface area contributed by atoms with E-state index in [2.05, 4.69) is 42.0 Å². The van der Waals surface area contributed by atoms with Gasteiger partial charge < -0.3 is 14.8 Å². The molecule has 0 saturated heterocycles. The summed E-state index contributed by atoms with van der Waals surface area (Å²) < 4.78 is 11.9. The smallest absolute Gasteiger partial charge is 0.338 e. The highest BCUT2D eigenvalue weighted by atomic mass is 79.9. The minimum Gasteiger partial charge on any atom is -0.483 e. The highest BCUT2D eigenvalue weighted by molar-refractivity contribution is 9.10. The Balaban J connectivity index is 1.99. The van der Waals surface area contributed by atoms with Gasteiger partial charge in [-0.25, -0.2) is 4.79 Å². The molecule has 0 aliphatic carbocycles. The monoisotopic (exact) mass is 461 g/mol. The molecular weight excluding hydrogens is 434 g/mol. The van der Waals surface area contributed by atoms with E-state index < -0.39 is 5.97 Å². The first-order valence-corrected chi connectivity index (χ1v) is 10.5. The van der Waals surface area contributed by atoms with Crippen LogP contribution in [0.2, 0.25) is 0 Å². The van der Waals surface area contributed by atoms with Crippen LogP contribution in [-0.2, 0) is 14.9 Å². The number of hydrogen-bond acceptors (Lipinski definition) is 4. The van der Waals surface area contributed by atoms with Gasteiger partial charge in [-0.1, -0.05) is 56.1 Å². The molecule has 0 atom stereocenters. The van der Waals surface area contributed by atoms with Crippen molar-refractivity contribution in [1.29, 1.82) is 0 Å². The molecule has 0 heterocycles. The van der Waals surface area contributed by atoms with E-state index in [0.717, 1.165) is 22.9 Å². The highest BCUT2D eigenvalue weighted by Crippen LogP contribution is 2.33. The number of amides is 1. The molecule has 0 bridgehead atoms. The molecule has 0 aliphatic heterocycles. The Morgan fingerprint density at radius 1 is 1.10 bits per heavy atom. The van der Waals surface area contributed by atoms with Gasteiger partial charge in [0.1, 0.15) is 5.75 Å². The van der Waals surface area contributed by atoms with Crippen molar-refractivity contribution < 1.29 is 19.1 Å². The van der Waals surface area contributed by atoms with Crippen LogP contribution in [0.4, 0.5) is 5.69 Å². The Bertz CT molecular complexity index is 858. The van der Waals surface area contributed by atoms with Crippen LogP contribution in [0.5, 0.6) is 5.75 Å². The standard InChI is InChI=1S/C23H28BrNO4/c1-5-6-12-28-22(27)16-8-7-9-18(13-16)25-21(26)15-29-20-11-10-17(24)14-19(20)23(2,3)4/h7-11,13-14H,5-6,12,15H2,1-4H3,(H,25,26). The molecule has 0 unspecified atom stereocenters. The highest BCUT2D eigenvalue weighted by Gasteiger charge is 2.20. The number of carbonyl (C=O) groups is 2. The Hall–Kier alpha value is -2.34. The predicted molar refractivity (Wildman–Crippen MR) is 119 cm³/mol. The fourth-order valence-corrected chi connectivity index (χ4v) is 3.03. The zero-order valence-corrected chi connectivity index (χ0v) is 19.0. The number of rotatable bonds is 8. The van der Waals surface area contributed by atoms with Gasteiger partial charge in [-0.2, -0.15) is 0 Å². The van der Waals surface area contributed by atoms with Gasteiger partial charge in [-0.05, 0) is 48.2 Å². The maximum Gasteiger partial charge on any atom is 0.338 e. The first-order valence-electron chi connectivity index (χ1n) is 9.70. The minimum absolute atomic E-state index is 0.123. The average Bonchev–Trinajstić information content (AvgIpc) is 2.66. The molecule has 1 N–H and O–H groups in total. The average molecular weight is 462 g/mol. The number of nitrogens with one attached hydrogen (secondary N) is 1. The third-order valence-corrected chi connectivity index (χ3v) is 4.71. The Kier molecular flexibility index (Phi) is 8.26. The normalized spacial score (nSPS) is 11.1. The van der Waals surface area contributed by atoms with Crippen LogP contribution in [0, 0.1) is 0 Å². The van der Waals surface area contributed by atoms with Gasteiger partial charge in [0.15, 0.2) is 6.61 Å². The molecule has 156 valence electrons. The summed E-state index contributed by atoms with van der Waals surface area (Å²) >= 11 is 3.48. The fourth-order valence-electron chi connectivity index (χ4n) is 2.67. The lowest BCUT2D eigenvalue weighted by Gasteiger charge is -2.23. The molecule has 29 heavy (non-hydrogen) atoms. The first-order chi connectivity index (χ1) is 13.7. The van der Waals surface area contributed by atoms with E-state index in [9.17, 15) is 9.59 Å². The van der Waals surface area contributed by atoms with Crippen molar-refractivity contribution in [3.63, 3.8) is 0 Å². The van der Waals surface area contributed by atoms with Crippen LogP contribution in [0.25, 0.3) is 0 Å². The van der Waals surface area contributed by atoms with E-state index in [1.165, 1.54) is 0 Å². The second-order valence-corrected chi connectivity index (χ2v) is 8.71. The van der Waals surface area contributed by atoms with E-state index in [4.69, 9.17) is 9.47 Å². The third-order valence-electron chi connectivity index (χ3n) is 4.22. The number of hydrogen-bond donors (Lipinski definition) is 1. The lowest BCUT2D eigenvalue weighted by molar-refractivity contribution is -0.118. The van der Waals surface area contributed by atoms with Crippen LogP contribution in [0.1, 0.15) is 56.5 Å². The lowest BCUT2D eigenvalue weighted by atomic mass is 9.86. The van der Waals surface area contributed by atoms with Crippen molar-refractivity contribution in [3.05, 3.63) is 58.1 Å². The van der Waals surface area contributed by atoms with Crippen LogP contribution >= 0.6 is 15.9 Å². The van der Waals surface area contributed by atoms with Crippen molar-refractivity contribution >= 4 is 33.5 Å². The van der Waals surface area contributed by atoms with Crippen molar-refractivity contribution in [2.24, 2.45) is 0 Å². The van der Waals surface area contributed by atoms with Gasteiger partial charge in [0.05, 0.1) is 12.2 Å². The van der Waals surface area contributed by atoms with Gasteiger partial charge in [-0.15, -0.1) is 0 Å². The first kappa shape index (κ1) is 22.9. The summed E-state index contributed by atoms with van der Waals surface area (Å²) in [5.41, 5.74) is 1.82. The summed E-state index contributed by atoms with van der Waals surface area (Å²) in [6.45, 7) is 8.57. The summed E-state index contributed by atoms with van der Waals surface area (Å²) in [6.07, 6.45) is 1.78. The summed E-state index contributed by atoms with van der Waals surface area (Å²) in [6, 6.07) is 12.4. The molecule has 0 fully saturated rings. The van der Waals surface area contributed by atoms with Gasteiger partial charge in [-0.3, -0.25) is 4.79 Å². The summed E-state index contributed by atoms with van der Waals surface area (Å²) in [7, 11) is 0. The van der Waals surface area contributed by atoms with E-state index in [1.54, 1.807) is 24.3 Å². The second kappa shape index (κ2) is 10.4. The van der Waals surface area contributed by atoms with E-state index >= 15 is 0 Å². The lowest BCUT2D eigenvalue weighted by Crippen LogP contribution is -2.22. The number of ether oxygens (including phenoxy) is 2. The Morgan fingerprint density at radius 3 is 2.55 bits per heavy atom. The molecule has 2 rings (SSSR count). The van der Waals surface area contributed by atoms with E-state index in [0.29, 0.717) is 23.6 Å². The van der Waals surface area contributed by atoms with Crippen LogP contribution < -0.4 is 10.1 Å². The molecule has 0 aliphatic rings. The Labute approximate surface area is 180 Å². The van der Waals surface area contributed by atoms with E-state index in [1.807, 2.05) is 25.1 Å². The van der Waals surface area contributed by atoms with Crippen molar-refractivity contribution in [2.75, 3.05) is 18.5 Å². The molecule has 5 nitrogen and oxygen atoms in total. The quantitative estimate of drug-likeness (QED) is 0.403. The van der Waals surface area contributed by atoms with Crippen LogP contribution in [-0.4, -0.2) is 25.1 Å². The molecular formula is C23H28BrNO4. The topological polar surface area (TPSA) is 64.6 Å². The van der Waals surface area contributed by atoms with Gasteiger partial charge in [0, 0.05) is 15.7 Å². The molecule has 0 radical (unpaired) electrons. The number of anilines is 1. The summed E-state index contributed by atoms with van der Waals surface area (Å²) in [5.74, 6) is -0.0242. The van der Waals surface area contributed by atoms with Crippen molar-refractivity contribution in [2.45, 2.75) is 46.0 Å². The van der Waals surface area contributed by atoms with Crippen LogP contribution in [0.3, 0.4) is 0 Å². The summed E-state index contributed by atoms with van der Waals surface area (Å²) in [5, 5.41) is 2.76. The van der Waals surface area contributed by atoms with Crippen molar-refractivity contribution in [1.82, 2.24) is 0 Å². The largest absolute Gasteiger partial charge is 0.483 e. The second-order valence-electron chi connectivity index (χ2n) is 7.80. The molecule has 6 heteroatoms. The molecule has 2 aromatic rings. The zero-order chi connectivity index (χ0) is 21.4. The predicted octanol–water partition coefficient (Wildman–Crippen LogP) is 5.72. The minimum atomic E-state index is -0.393. The molecule has 0 aromatic heterocycles. The Morgan fingerprint density at radius 2 is 1.86 bits per heavy atom. The zero-order valence-electron chi connectivity index (χ0n) is 17.4. The molecule has 1 amide bonds. The maximum atomic E-state index is 12.3. The molecule has 2 aromatic carbocycles. The molecule has 0 saturated carbocycles. The van der Waals surface area contributed by atoms with Gasteiger partial charge in [0.2, 0.25) is 0 Å². The van der Waals surface area contributed by atoms with Crippen molar-refractivity contribution in [3.8, 4) is 5.75 Å². The van der Waals surface area contributed by atoms with Crippen LogP contribution in [0.15, 0.2) is 46.9 Å². The van der Waals surface area contributed by atoms with E-state index in [-0.39, 0.29) is 17.9 Å². The fraction of sp³-hybridized carbons (Fsp3) is 0.391. The SMILES string of the molecule is CCCCOC(=O)c1cccc(NC(=O)COc2ccc(Br)cc2C(C)(C)C)c1. The number of benzene rings is 2. The van der Waals surface area contributed by atoms with Gasteiger partial charge >= 0.3 is 5.97 Å². The number of halogens is 1. The number of esters is 1. The maximum absolute atomic E-state index is 12.3. The van der Waals surface area contributed by atoms with Gasteiger partial charge in [0.25, 0.3) is 5.91 Å². The number of carbonyl (C=O) groups excluding carboxylic acids is 2. The third kappa shape index (κ3) is 7.20. The number of unbranched alkanes of at least 4 members (excludes halogenated alkanes) is 1.